The van der Waals surface area contributed by atoms with Crippen molar-refractivity contribution in [3.05, 3.63) is 108 Å². The van der Waals surface area contributed by atoms with Gasteiger partial charge in [0.1, 0.15) is 22.7 Å². The van der Waals surface area contributed by atoms with Crippen LogP contribution in [0.3, 0.4) is 0 Å². The van der Waals surface area contributed by atoms with Gasteiger partial charge in [-0.2, -0.15) is 0 Å². The fraction of sp³-hybridized carbons (Fsp3) is 0.0769. The van der Waals surface area contributed by atoms with Gasteiger partial charge in [0.2, 0.25) is 0 Å². The Bertz CT molecular complexity index is 1450. The van der Waals surface area contributed by atoms with Crippen LogP contribution in [0.15, 0.2) is 101 Å². The second-order valence-electron chi connectivity index (χ2n) is 7.35. The molecule has 0 amide bonds. The van der Waals surface area contributed by atoms with Gasteiger partial charge >= 0.3 is 0 Å². The maximum atomic E-state index is 13.1. The minimum absolute atomic E-state index is 0.122. The predicted octanol–water partition coefficient (Wildman–Crippen LogP) is 5.61. The molecule has 2 aromatic heterocycles. The zero-order valence-electron chi connectivity index (χ0n) is 16.9. The van der Waals surface area contributed by atoms with Crippen molar-refractivity contribution in [3.8, 4) is 11.4 Å². The maximum absolute atomic E-state index is 13.1. The van der Waals surface area contributed by atoms with Crippen molar-refractivity contribution in [3.63, 3.8) is 0 Å². The molecule has 5 rings (SSSR count). The monoisotopic (exact) mass is 407 g/mol. The Hall–Kier alpha value is -4.12. The summed E-state index contributed by atoms with van der Waals surface area (Å²) in [5, 5.41) is 5.40. The second-order valence-corrected chi connectivity index (χ2v) is 7.35. The van der Waals surface area contributed by atoms with Crippen LogP contribution < -0.4 is 10.9 Å². The first-order valence-electron chi connectivity index (χ1n) is 10.1. The number of anilines is 1. The van der Waals surface area contributed by atoms with Crippen LogP contribution in [0.5, 0.6) is 0 Å². The minimum Gasteiger partial charge on any atom is -0.456 e. The smallest absolute Gasteiger partial charge is 0.277 e. The normalized spacial score (nSPS) is 11.1. The lowest BCUT2D eigenvalue weighted by molar-refractivity contribution is 0.669. The average molecular weight is 407 g/mol. The van der Waals surface area contributed by atoms with Gasteiger partial charge in [0.25, 0.3) is 5.56 Å². The molecular formula is C26H21N3O2. The summed E-state index contributed by atoms with van der Waals surface area (Å²) in [7, 11) is 0. The molecule has 0 atom stereocenters. The van der Waals surface area contributed by atoms with Crippen molar-refractivity contribution < 1.29 is 4.42 Å². The molecule has 2 heterocycles. The lowest BCUT2D eigenvalue weighted by Gasteiger charge is -2.13. The molecule has 0 radical (unpaired) electrons. The van der Waals surface area contributed by atoms with E-state index in [4.69, 9.17) is 4.42 Å². The van der Waals surface area contributed by atoms with Gasteiger partial charge in [0, 0.05) is 29.4 Å². The van der Waals surface area contributed by atoms with E-state index in [0.29, 0.717) is 24.6 Å². The first kappa shape index (κ1) is 18.9. The molecule has 0 unspecified atom stereocenters. The lowest BCUT2D eigenvalue weighted by atomic mass is 10.1. The standard InChI is InChI=1S/C26H21N3O2/c1-2-14-29-25(19-8-4-3-5-9-19)28-17-22(26(29)30)27-16-18-12-13-24-21(15-18)20-10-6-7-11-23(20)31-24/h2-13,15,17,27H,1,14,16H2. The van der Waals surface area contributed by atoms with Crippen molar-refractivity contribution in [2.45, 2.75) is 13.1 Å². The molecule has 0 saturated heterocycles. The van der Waals surface area contributed by atoms with E-state index >= 15 is 0 Å². The fourth-order valence-electron chi connectivity index (χ4n) is 3.81. The summed E-state index contributed by atoms with van der Waals surface area (Å²) in [5.74, 6) is 0.627. The first-order chi connectivity index (χ1) is 15.2. The van der Waals surface area contributed by atoms with Gasteiger partial charge < -0.3 is 9.73 Å². The number of fused-ring (bicyclic) bond motifs is 3. The Morgan fingerprint density at radius 2 is 1.74 bits per heavy atom. The SMILES string of the molecule is C=CCn1c(-c2ccccc2)ncc(NCc2ccc3oc4ccccc4c3c2)c1=O. The van der Waals surface area contributed by atoms with Gasteiger partial charge in [-0.1, -0.05) is 60.7 Å². The molecule has 0 bridgehead atoms. The van der Waals surface area contributed by atoms with E-state index in [1.807, 2.05) is 60.7 Å². The van der Waals surface area contributed by atoms with E-state index in [-0.39, 0.29) is 5.56 Å². The highest BCUT2D eigenvalue weighted by molar-refractivity contribution is 6.04. The van der Waals surface area contributed by atoms with Crippen molar-refractivity contribution in [2.24, 2.45) is 0 Å². The van der Waals surface area contributed by atoms with Crippen LogP contribution in [0.1, 0.15) is 5.56 Å². The summed E-state index contributed by atoms with van der Waals surface area (Å²) < 4.78 is 7.53. The van der Waals surface area contributed by atoms with Crippen molar-refractivity contribution in [1.29, 1.82) is 0 Å². The molecule has 0 fully saturated rings. The van der Waals surface area contributed by atoms with Crippen LogP contribution >= 0.6 is 0 Å². The van der Waals surface area contributed by atoms with Crippen molar-refractivity contribution in [1.82, 2.24) is 9.55 Å². The largest absolute Gasteiger partial charge is 0.456 e. The van der Waals surface area contributed by atoms with E-state index < -0.39 is 0 Å². The fourth-order valence-corrected chi connectivity index (χ4v) is 3.81. The van der Waals surface area contributed by atoms with Gasteiger partial charge in [-0.05, 0) is 23.8 Å². The van der Waals surface area contributed by atoms with E-state index in [1.165, 1.54) is 0 Å². The first-order valence-corrected chi connectivity index (χ1v) is 10.1. The molecule has 31 heavy (non-hydrogen) atoms. The Labute approximate surface area is 179 Å². The molecule has 0 saturated carbocycles. The summed E-state index contributed by atoms with van der Waals surface area (Å²) in [6.45, 7) is 4.68. The van der Waals surface area contributed by atoms with Crippen LogP contribution in [-0.4, -0.2) is 9.55 Å². The number of nitrogens with one attached hydrogen (secondary N) is 1. The molecule has 0 aliphatic heterocycles. The number of rotatable bonds is 6. The number of furan rings is 1. The third-order valence-corrected chi connectivity index (χ3v) is 5.31. The third-order valence-electron chi connectivity index (χ3n) is 5.31. The molecular weight excluding hydrogens is 386 g/mol. The zero-order chi connectivity index (χ0) is 21.2. The van der Waals surface area contributed by atoms with Crippen molar-refractivity contribution >= 4 is 27.6 Å². The highest BCUT2D eigenvalue weighted by Gasteiger charge is 2.12. The van der Waals surface area contributed by atoms with Gasteiger partial charge in [-0.25, -0.2) is 4.98 Å². The third kappa shape index (κ3) is 3.51. The van der Waals surface area contributed by atoms with E-state index in [1.54, 1.807) is 16.8 Å². The number of allylic oxidation sites excluding steroid dienone is 1. The Kier molecular flexibility index (Phi) is 4.84. The van der Waals surface area contributed by atoms with Gasteiger partial charge in [-0.3, -0.25) is 9.36 Å². The quantitative estimate of drug-likeness (QED) is 0.372. The van der Waals surface area contributed by atoms with E-state index in [2.05, 4.69) is 29.0 Å². The highest BCUT2D eigenvalue weighted by atomic mass is 16.3. The minimum atomic E-state index is -0.122. The number of hydrogen-bond acceptors (Lipinski definition) is 4. The average Bonchev–Trinajstić information content (AvgIpc) is 3.18. The zero-order valence-corrected chi connectivity index (χ0v) is 16.9. The van der Waals surface area contributed by atoms with Gasteiger partial charge in [0.15, 0.2) is 0 Å². The van der Waals surface area contributed by atoms with E-state index in [9.17, 15) is 4.79 Å². The highest BCUT2D eigenvalue weighted by Crippen LogP contribution is 2.29. The molecule has 0 aliphatic carbocycles. The van der Waals surface area contributed by atoms with Crippen LogP contribution in [0, 0.1) is 0 Å². The van der Waals surface area contributed by atoms with Gasteiger partial charge in [-0.15, -0.1) is 6.58 Å². The number of aromatic nitrogens is 2. The molecule has 5 aromatic rings. The van der Waals surface area contributed by atoms with Gasteiger partial charge in [0.05, 0.1) is 6.20 Å². The molecule has 152 valence electrons. The molecule has 5 nitrogen and oxygen atoms in total. The summed E-state index contributed by atoms with van der Waals surface area (Å²) in [6.07, 6.45) is 3.31. The predicted molar refractivity (Wildman–Crippen MR) is 125 cm³/mol. The summed E-state index contributed by atoms with van der Waals surface area (Å²) in [4.78, 5) is 17.7. The molecule has 0 spiro atoms. The molecule has 5 heteroatoms. The lowest BCUT2D eigenvalue weighted by Crippen LogP contribution is -2.25. The maximum Gasteiger partial charge on any atom is 0.277 e. The molecule has 1 N–H and O–H groups in total. The van der Waals surface area contributed by atoms with Crippen LogP contribution in [0.2, 0.25) is 0 Å². The van der Waals surface area contributed by atoms with Crippen LogP contribution in [0.4, 0.5) is 5.69 Å². The topological polar surface area (TPSA) is 60.1 Å². The van der Waals surface area contributed by atoms with Crippen LogP contribution in [0.25, 0.3) is 33.3 Å². The summed E-state index contributed by atoms with van der Waals surface area (Å²) >= 11 is 0. The molecule has 3 aromatic carbocycles. The Morgan fingerprint density at radius 1 is 0.968 bits per heavy atom. The summed E-state index contributed by atoms with van der Waals surface area (Å²) in [5.41, 5.74) is 4.01. The van der Waals surface area contributed by atoms with E-state index in [0.717, 1.165) is 33.1 Å². The van der Waals surface area contributed by atoms with Crippen molar-refractivity contribution in [2.75, 3.05) is 5.32 Å². The Balaban J connectivity index is 1.46. The number of para-hydroxylation sites is 1. The number of hydrogen-bond donors (Lipinski definition) is 1. The summed E-state index contributed by atoms with van der Waals surface area (Å²) in [6, 6.07) is 23.8. The van der Waals surface area contributed by atoms with Crippen LogP contribution in [-0.2, 0) is 13.1 Å². The second kappa shape index (κ2) is 7.95. The molecule has 0 aliphatic rings. The Morgan fingerprint density at radius 3 is 2.58 bits per heavy atom. The number of benzene rings is 3. The number of nitrogens with zero attached hydrogens (tertiary/aromatic N) is 2.